The van der Waals surface area contributed by atoms with Gasteiger partial charge in [0.25, 0.3) is 11.1 Å². The van der Waals surface area contributed by atoms with Gasteiger partial charge in [0.1, 0.15) is 90.6 Å². The number of hydrogen-bond donors (Lipinski definition) is 11. The summed E-state index contributed by atoms with van der Waals surface area (Å²) in [7, 11) is 2.64. The lowest BCUT2D eigenvalue weighted by Gasteiger charge is -2.28. The number of benzene rings is 4. The van der Waals surface area contributed by atoms with Gasteiger partial charge in [-0.15, -0.1) is 0 Å². The van der Waals surface area contributed by atoms with E-state index in [2.05, 4.69) is 39.9 Å². The number of imidazole rings is 2. The van der Waals surface area contributed by atoms with Crippen molar-refractivity contribution < 1.29 is 130 Å². The molecule has 650 valence electrons. The first-order chi connectivity index (χ1) is 58.4. The van der Waals surface area contributed by atoms with E-state index < -0.39 is 178 Å². The van der Waals surface area contributed by atoms with Crippen molar-refractivity contribution in [3.63, 3.8) is 0 Å². The number of rotatable bonds is 31. The van der Waals surface area contributed by atoms with E-state index in [-0.39, 0.29) is 42.6 Å². The summed E-state index contributed by atoms with van der Waals surface area (Å²) in [6.07, 6.45) is -11.4. The van der Waals surface area contributed by atoms with Gasteiger partial charge in [-0.1, -0.05) is 64.6 Å². The number of aliphatic hydroxyl groups is 6. The van der Waals surface area contributed by atoms with E-state index in [1.54, 1.807) is 88.3 Å². The van der Waals surface area contributed by atoms with E-state index in [9.17, 15) is 78.1 Å². The van der Waals surface area contributed by atoms with Gasteiger partial charge in [-0.25, -0.2) is 47.8 Å². The van der Waals surface area contributed by atoms with Crippen LogP contribution in [0.3, 0.4) is 0 Å². The van der Waals surface area contributed by atoms with Crippen LogP contribution in [-0.4, -0.2) is 222 Å². The SMILES string of the molecule is CO[C@H]1C(O[P@](=O)(OC[C@H]2O[C@@H]([n+]3c[nH]c4c(N)ncnc43)CC2O)SCc2ccc(OC(=O)c3ccc(C)cc3)cc2)[C@@H](CO)O[C@H]1n1ccc(=O)[nH]c1=O.CO[C@H]1C(O[P@](=O)(OC[C@H]2O[C@@H](n3cnc4c(N)ncnc43)CC2O)SCc2ccc(OC(=O)c3ccc(C)cc3)cc2)[C@@H](CO)O[C@H]1n1ccc(=O)[nH]c1=O.O=C([O-])[C@H](O)[C@@H](O)C(=O)[O-]. The number of fused-ring (bicyclic) bond motifs is 2. The standard InChI is InChI=1S/2C35H38N7O12PS.C4H6O6/c2*1-19-3-7-21(8-4-19)34(46)51-22-9-5-20(6-10-22)16-56-55(48,54-29-24(14-43)53-33(30(29)49-2)41-12-11-26(45)40-35(41)47)50-15-25-23(44)13-27(52-25)42-18-39-28-31(36)37-17-38-32(28)42;5-1(3(7)8)2(6)4(9)10/h3-12,17-18,23-25,27,29-30,33,43-44H,13-16H2,1-2H3,(H2,36,37,38)(H,40,45,47);3-12,17-18,23-25,27,29-30,33,43-44H,13-16H2,1-2H3,(H3,36,37,38,40,45,47);1-2,5-6H,(H,7,8)(H,9,10)/p-1/t2*23?,24-,25-,27-,29?,30+,33-,55+;1-,2-/m111/s1. The summed E-state index contributed by atoms with van der Waals surface area (Å²) in [6.45, 7) is -6.75. The van der Waals surface area contributed by atoms with E-state index in [1.165, 1.54) is 45.6 Å². The molecular formula is C74H81N14O30P2S2-. The number of carboxylic acids is 2. The van der Waals surface area contributed by atoms with Crippen LogP contribution in [0.2, 0.25) is 0 Å². The summed E-state index contributed by atoms with van der Waals surface area (Å²) in [5.41, 5.74) is 14.9. The minimum absolute atomic E-state index is 0.0696. The average molecular weight is 1770 g/mol. The fraction of sp³-hybridized carbons (Fsp3) is 0.378. The van der Waals surface area contributed by atoms with Gasteiger partial charge in [0.05, 0.1) is 68.0 Å². The number of aliphatic hydroxyl groups excluding tert-OH is 6. The third kappa shape index (κ3) is 21.7. The topological polar surface area (TPSA) is 631 Å². The minimum Gasteiger partial charge on any atom is -0.547 e. The van der Waals surface area contributed by atoms with Gasteiger partial charge in [0.15, 0.2) is 48.6 Å². The number of nitrogens with zero attached hydrogens (tertiary/aromatic N) is 9. The number of H-pyrrole nitrogens is 3. The molecule has 4 aliphatic rings. The molecule has 6 aromatic heterocycles. The van der Waals surface area contributed by atoms with Crippen LogP contribution in [0.25, 0.3) is 22.3 Å². The molecule has 0 radical (unpaired) electrons. The zero-order valence-electron chi connectivity index (χ0n) is 64.6. The normalized spacial score (nSPS) is 24.0. The molecular weight excluding hydrogens is 1690 g/mol. The molecule has 14 rings (SSSR count). The number of carboxylic acid groups (broad SMARTS) is 2. The number of hydrogen-bond acceptors (Lipinski definition) is 39. The summed E-state index contributed by atoms with van der Waals surface area (Å²) in [4.78, 5) is 121. The molecule has 0 bridgehead atoms. The first kappa shape index (κ1) is 90.6. The molecule has 122 heavy (non-hydrogen) atoms. The molecule has 4 aliphatic heterocycles. The monoisotopic (exact) mass is 1770 g/mol. The van der Waals surface area contributed by atoms with Gasteiger partial charge < -0.3 is 99.8 Å². The van der Waals surface area contributed by atoms with Crippen LogP contribution < -0.4 is 58.2 Å². The Balaban J connectivity index is 0.000000200. The maximum absolute atomic E-state index is 14.8. The van der Waals surface area contributed by atoms with E-state index in [0.717, 1.165) is 55.2 Å². The number of nitrogen functional groups attached to an aromatic ring is 2. The second-order valence-corrected chi connectivity index (χ2v) is 35.6. The summed E-state index contributed by atoms with van der Waals surface area (Å²) in [5, 5.41) is 78.4. The lowest BCUT2D eigenvalue weighted by Crippen LogP contribution is -2.51. The van der Waals surface area contributed by atoms with Crippen molar-refractivity contribution in [2.75, 3.05) is 52.1 Å². The number of aromatic amines is 3. The number of methoxy groups -OCH3 is 2. The fourth-order valence-corrected chi connectivity index (χ4v) is 19.6. The molecule has 4 unspecified atom stereocenters. The number of carbonyl (C=O) groups excluding carboxylic acids is 4. The van der Waals surface area contributed by atoms with Crippen LogP contribution in [0.4, 0.5) is 11.6 Å². The smallest absolute Gasteiger partial charge is 0.389 e. The van der Waals surface area contributed by atoms with E-state index in [0.29, 0.717) is 56.1 Å². The average Bonchev–Trinajstić information content (AvgIpc) is 1.65. The Labute approximate surface area is 696 Å². The van der Waals surface area contributed by atoms with Crippen molar-refractivity contribution in [3.8, 4) is 11.5 Å². The number of ether oxygens (including phenoxy) is 8. The second-order valence-electron chi connectivity index (χ2n) is 27.5. The Bertz CT molecular complexity index is 5350. The molecule has 13 N–H and O–H groups in total. The maximum atomic E-state index is 14.8. The molecule has 4 fully saturated rings. The van der Waals surface area contributed by atoms with Crippen LogP contribution >= 0.6 is 36.4 Å². The predicted octanol–water partition coefficient (Wildman–Crippen LogP) is -0.407. The summed E-state index contributed by atoms with van der Waals surface area (Å²) < 4.78 is 106. The van der Waals surface area contributed by atoms with E-state index in [1.807, 2.05) is 38.1 Å². The minimum atomic E-state index is -4.29. The summed E-state index contributed by atoms with van der Waals surface area (Å²) in [5.74, 6) is -4.02. The zero-order valence-corrected chi connectivity index (χ0v) is 68.0. The molecule has 0 spiro atoms. The third-order valence-corrected chi connectivity index (χ3v) is 26.6. The van der Waals surface area contributed by atoms with Crippen molar-refractivity contribution in [1.82, 2.24) is 53.6 Å². The first-order valence-electron chi connectivity index (χ1n) is 36.8. The highest BCUT2D eigenvalue weighted by Crippen LogP contribution is 2.65. The summed E-state index contributed by atoms with van der Waals surface area (Å²) >= 11 is 1.62. The van der Waals surface area contributed by atoms with E-state index >= 15 is 0 Å². The second kappa shape index (κ2) is 40.1. The van der Waals surface area contributed by atoms with Crippen LogP contribution in [-0.2, 0) is 76.7 Å². The number of nitrogens with one attached hydrogen (secondary N) is 3. The number of nitrogens with two attached hydrogens (primary N) is 2. The van der Waals surface area contributed by atoms with Crippen molar-refractivity contribution in [2.45, 2.75) is 136 Å². The molecule has 0 saturated carbocycles. The Morgan fingerprint density at radius 3 is 1.48 bits per heavy atom. The van der Waals surface area contributed by atoms with Crippen molar-refractivity contribution in [3.05, 3.63) is 222 Å². The van der Waals surface area contributed by atoms with Crippen molar-refractivity contribution >= 4 is 94.2 Å². The molecule has 0 aliphatic carbocycles. The third-order valence-electron chi connectivity index (χ3n) is 19.3. The predicted molar refractivity (Wildman–Crippen MR) is 420 cm³/mol. The molecule has 10 aromatic rings. The number of aromatic nitrogens is 12. The highest BCUT2D eigenvalue weighted by molar-refractivity contribution is 8.55. The first-order valence-corrected chi connectivity index (χ1v) is 43.1. The van der Waals surface area contributed by atoms with Crippen LogP contribution in [0.5, 0.6) is 11.5 Å². The Hall–Kier alpha value is -10.7. The molecule has 4 saturated heterocycles. The summed E-state index contributed by atoms with van der Waals surface area (Å²) in [6, 6.07) is 29.3. The number of carbonyl (C=O) groups is 4. The van der Waals surface area contributed by atoms with Gasteiger partial charge in [-0.2, -0.15) is 4.98 Å². The fourth-order valence-electron chi connectivity index (χ4n) is 12.9. The van der Waals surface area contributed by atoms with Gasteiger partial charge in [0, 0.05) is 63.1 Å². The van der Waals surface area contributed by atoms with Gasteiger partial charge in [-0.05, 0) is 96.3 Å². The number of esters is 2. The molecule has 10 heterocycles. The molecule has 4 aromatic carbocycles. The molecule has 48 heteroatoms. The zero-order chi connectivity index (χ0) is 87.4. The quantitative estimate of drug-likeness (QED) is 0.0114. The number of anilines is 2. The molecule has 44 nitrogen and oxygen atoms in total. The Morgan fingerprint density at radius 2 is 1.03 bits per heavy atom. The lowest BCUT2D eigenvalue weighted by atomic mass is 10.1. The van der Waals surface area contributed by atoms with Crippen molar-refractivity contribution in [2.24, 2.45) is 0 Å². The molecule has 18 atom stereocenters. The van der Waals surface area contributed by atoms with Crippen LogP contribution in [0.1, 0.15) is 80.7 Å². The van der Waals surface area contributed by atoms with Crippen LogP contribution in [0, 0.1) is 13.8 Å². The highest BCUT2D eigenvalue weighted by atomic mass is 32.7. The lowest BCUT2D eigenvalue weighted by molar-refractivity contribution is -0.738. The van der Waals surface area contributed by atoms with Gasteiger partial charge in [0.2, 0.25) is 5.52 Å². The number of aryl methyl sites for hydroxylation is 2. The van der Waals surface area contributed by atoms with Crippen LogP contribution in [0.15, 0.2) is 166 Å². The molecule has 0 amide bonds. The van der Waals surface area contributed by atoms with Gasteiger partial charge in [-0.3, -0.25) is 56.3 Å². The van der Waals surface area contributed by atoms with E-state index in [4.69, 9.17) is 77.7 Å². The maximum Gasteiger partial charge on any atom is 0.389 e. The Kier molecular flexibility index (Phi) is 29.8. The number of aliphatic carboxylic acids is 2. The van der Waals surface area contributed by atoms with Crippen molar-refractivity contribution in [1.29, 1.82) is 0 Å². The Morgan fingerprint density at radius 1 is 0.582 bits per heavy atom. The largest absolute Gasteiger partial charge is 0.547 e. The highest BCUT2D eigenvalue weighted by Gasteiger charge is 2.53. The van der Waals surface area contributed by atoms with Gasteiger partial charge >= 0.3 is 42.6 Å².